The van der Waals surface area contributed by atoms with Crippen molar-refractivity contribution in [1.29, 1.82) is 0 Å². The standard InChI is InChI=1S/C22H25ClF3N5O/c1-21(6-7-21)20(32)30-8-4-14(5-9-30)19-28-27-18-12-29(13-22(24,25)26)11-15-10-16(23)2-3-17(15)31(18)19/h2-3,10,14H,4-9,11-13H2,1H3. The number of benzene rings is 1. The molecule has 2 aromatic rings. The molecule has 0 N–H and O–H groups in total. The Balaban J connectivity index is 1.43. The highest BCUT2D eigenvalue weighted by atomic mass is 35.5. The van der Waals surface area contributed by atoms with Crippen LogP contribution in [0.5, 0.6) is 0 Å². The van der Waals surface area contributed by atoms with E-state index in [-0.39, 0.29) is 30.3 Å². The van der Waals surface area contributed by atoms with Gasteiger partial charge in [0.05, 0.1) is 18.8 Å². The maximum absolute atomic E-state index is 13.1. The second kappa shape index (κ2) is 7.73. The lowest BCUT2D eigenvalue weighted by Gasteiger charge is -2.33. The van der Waals surface area contributed by atoms with E-state index in [4.69, 9.17) is 11.6 Å². The Morgan fingerprint density at radius 2 is 1.91 bits per heavy atom. The monoisotopic (exact) mass is 467 g/mol. The Morgan fingerprint density at radius 3 is 2.56 bits per heavy atom. The zero-order chi connectivity index (χ0) is 22.7. The molecule has 1 aromatic carbocycles. The van der Waals surface area contributed by atoms with Gasteiger partial charge in [-0.05, 0) is 49.4 Å². The van der Waals surface area contributed by atoms with Gasteiger partial charge in [-0.3, -0.25) is 14.3 Å². The van der Waals surface area contributed by atoms with E-state index in [9.17, 15) is 18.0 Å². The third-order valence-electron chi connectivity index (χ3n) is 6.86. The molecule has 2 fully saturated rings. The number of fused-ring (bicyclic) bond motifs is 3. The van der Waals surface area contributed by atoms with Gasteiger partial charge in [-0.15, -0.1) is 10.2 Å². The third kappa shape index (κ3) is 4.12. The second-order valence-electron chi connectivity index (χ2n) is 9.47. The lowest BCUT2D eigenvalue weighted by molar-refractivity contribution is -0.148. The molecule has 172 valence electrons. The van der Waals surface area contributed by atoms with Crippen LogP contribution >= 0.6 is 11.6 Å². The average molecular weight is 468 g/mol. The molecule has 32 heavy (non-hydrogen) atoms. The summed E-state index contributed by atoms with van der Waals surface area (Å²) in [5.74, 6) is 1.57. The number of nitrogens with zero attached hydrogens (tertiary/aromatic N) is 5. The first-order chi connectivity index (χ1) is 15.1. The maximum atomic E-state index is 13.1. The van der Waals surface area contributed by atoms with Crippen LogP contribution in [0.4, 0.5) is 13.2 Å². The normalized spacial score (nSPS) is 21.1. The average Bonchev–Trinajstić information content (AvgIpc) is 3.38. The van der Waals surface area contributed by atoms with E-state index >= 15 is 0 Å². The van der Waals surface area contributed by atoms with Crippen LogP contribution in [0.2, 0.25) is 5.02 Å². The van der Waals surface area contributed by atoms with E-state index in [1.165, 1.54) is 4.90 Å². The molecule has 3 aliphatic rings. The molecule has 0 spiro atoms. The van der Waals surface area contributed by atoms with Crippen LogP contribution in [0.3, 0.4) is 0 Å². The van der Waals surface area contributed by atoms with Crippen molar-refractivity contribution < 1.29 is 18.0 Å². The van der Waals surface area contributed by atoms with Crippen molar-refractivity contribution in [1.82, 2.24) is 24.6 Å². The molecule has 1 saturated heterocycles. The van der Waals surface area contributed by atoms with Crippen molar-refractivity contribution in [2.45, 2.75) is 57.8 Å². The van der Waals surface area contributed by atoms with Crippen LogP contribution in [-0.2, 0) is 17.9 Å². The molecular formula is C22H25ClF3N5O. The van der Waals surface area contributed by atoms with E-state index in [1.807, 2.05) is 22.5 Å². The SMILES string of the molecule is CC1(C(=O)N2CCC(c3nnc4n3-c3ccc(Cl)cc3CN(CC(F)(F)F)C4)CC2)CC1. The predicted molar refractivity (Wildman–Crippen MR) is 112 cm³/mol. The molecule has 5 rings (SSSR count). The predicted octanol–water partition coefficient (Wildman–Crippen LogP) is 4.30. The summed E-state index contributed by atoms with van der Waals surface area (Å²) in [6.07, 6.45) is -0.882. The minimum atomic E-state index is -4.31. The lowest BCUT2D eigenvalue weighted by Crippen LogP contribution is -2.41. The second-order valence-corrected chi connectivity index (χ2v) is 9.91. The van der Waals surface area contributed by atoms with Gasteiger partial charge in [0.1, 0.15) is 5.82 Å². The summed E-state index contributed by atoms with van der Waals surface area (Å²) >= 11 is 6.17. The third-order valence-corrected chi connectivity index (χ3v) is 7.10. The molecule has 0 unspecified atom stereocenters. The topological polar surface area (TPSA) is 54.3 Å². The smallest absolute Gasteiger partial charge is 0.342 e. The van der Waals surface area contributed by atoms with E-state index in [2.05, 4.69) is 10.2 Å². The van der Waals surface area contributed by atoms with Gasteiger partial charge in [-0.2, -0.15) is 13.2 Å². The summed E-state index contributed by atoms with van der Waals surface area (Å²) in [5, 5.41) is 9.18. The molecule has 2 aliphatic heterocycles. The molecule has 1 saturated carbocycles. The Bertz CT molecular complexity index is 1040. The number of rotatable bonds is 3. The zero-order valence-corrected chi connectivity index (χ0v) is 18.6. The van der Waals surface area contributed by atoms with Gasteiger partial charge in [-0.25, -0.2) is 0 Å². The number of hydrogen-bond donors (Lipinski definition) is 0. The fraction of sp³-hybridized carbons (Fsp3) is 0.591. The Labute approximate surface area is 189 Å². The van der Waals surface area contributed by atoms with Crippen molar-refractivity contribution in [3.8, 4) is 5.69 Å². The van der Waals surface area contributed by atoms with Crippen LogP contribution < -0.4 is 0 Å². The largest absolute Gasteiger partial charge is 0.401 e. The highest BCUT2D eigenvalue weighted by Crippen LogP contribution is 2.47. The summed E-state index contributed by atoms with van der Waals surface area (Å²) in [6, 6.07) is 5.29. The number of carbonyl (C=O) groups is 1. The fourth-order valence-corrected chi connectivity index (χ4v) is 5.04. The van der Waals surface area contributed by atoms with Crippen LogP contribution in [0.25, 0.3) is 5.69 Å². The summed E-state index contributed by atoms with van der Waals surface area (Å²) in [7, 11) is 0. The van der Waals surface area contributed by atoms with Crippen LogP contribution in [0.15, 0.2) is 18.2 Å². The van der Waals surface area contributed by atoms with Crippen molar-refractivity contribution in [2.24, 2.45) is 5.41 Å². The van der Waals surface area contributed by atoms with Gasteiger partial charge in [-0.1, -0.05) is 18.5 Å². The Kier molecular flexibility index (Phi) is 5.24. The summed E-state index contributed by atoms with van der Waals surface area (Å²) in [6.45, 7) is 2.50. The van der Waals surface area contributed by atoms with Gasteiger partial charge in [0.15, 0.2) is 5.82 Å². The first-order valence-corrected chi connectivity index (χ1v) is 11.3. The molecule has 1 amide bonds. The number of amides is 1. The lowest BCUT2D eigenvalue weighted by atomic mass is 9.94. The van der Waals surface area contributed by atoms with Crippen molar-refractivity contribution >= 4 is 17.5 Å². The molecule has 3 heterocycles. The fourth-order valence-electron chi connectivity index (χ4n) is 4.84. The molecule has 10 heteroatoms. The van der Waals surface area contributed by atoms with E-state index in [0.29, 0.717) is 23.9 Å². The van der Waals surface area contributed by atoms with Gasteiger partial charge in [0, 0.05) is 36.0 Å². The van der Waals surface area contributed by atoms with E-state index in [1.54, 1.807) is 12.1 Å². The van der Waals surface area contributed by atoms with Crippen LogP contribution in [0, 0.1) is 5.41 Å². The summed E-state index contributed by atoms with van der Waals surface area (Å²) < 4.78 is 41.4. The van der Waals surface area contributed by atoms with Gasteiger partial charge in [0.25, 0.3) is 0 Å². The number of hydrogen-bond acceptors (Lipinski definition) is 4. The number of likely N-dealkylation sites (tertiary alicyclic amines) is 1. The van der Waals surface area contributed by atoms with E-state index < -0.39 is 12.7 Å². The summed E-state index contributed by atoms with van der Waals surface area (Å²) in [4.78, 5) is 16.0. The Morgan fingerprint density at radius 1 is 1.19 bits per heavy atom. The van der Waals surface area contributed by atoms with E-state index in [0.717, 1.165) is 42.8 Å². The molecule has 6 nitrogen and oxygen atoms in total. The molecule has 0 bridgehead atoms. The molecule has 1 aromatic heterocycles. The maximum Gasteiger partial charge on any atom is 0.401 e. The van der Waals surface area contributed by atoms with Gasteiger partial charge in [0.2, 0.25) is 5.91 Å². The molecule has 0 radical (unpaired) electrons. The number of alkyl halides is 3. The van der Waals surface area contributed by atoms with Crippen LogP contribution in [-0.4, -0.2) is 56.3 Å². The van der Waals surface area contributed by atoms with Crippen LogP contribution in [0.1, 0.15) is 55.7 Å². The highest BCUT2D eigenvalue weighted by Gasteiger charge is 2.47. The molecule has 0 atom stereocenters. The minimum Gasteiger partial charge on any atom is -0.342 e. The molecule has 1 aliphatic carbocycles. The Hall–Kier alpha value is -2.13. The number of piperidine rings is 1. The van der Waals surface area contributed by atoms with Crippen molar-refractivity contribution in [3.63, 3.8) is 0 Å². The zero-order valence-electron chi connectivity index (χ0n) is 17.8. The highest BCUT2D eigenvalue weighted by molar-refractivity contribution is 6.30. The quantitative estimate of drug-likeness (QED) is 0.675. The minimum absolute atomic E-state index is 0.0501. The molecular weight excluding hydrogens is 443 g/mol. The number of halogens is 4. The van der Waals surface area contributed by atoms with Gasteiger partial charge < -0.3 is 4.90 Å². The number of carbonyl (C=O) groups excluding carboxylic acids is 1. The first kappa shape index (κ1) is 21.7. The van der Waals surface area contributed by atoms with Crippen molar-refractivity contribution in [2.75, 3.05) is 19.6 Å². The van der Waals surface area contributed by atoms with Crippen molar-refractivity contribution in [3.05, 3.63) is 40.4 Å². The first-order valence-electron chi connectivity index (χ1n) is 10.9. The number of aromatic nitrogens is 3. The van der Waals surface area contributed by atoms with Gasteiger partial charge >= 0.3 is 6.18 Å². The summed E-state index contributed by atoms with van der Waals surface area (Å²) in [5.41, 5.74) is 1.31.